The van der Waals surface area contributed by atoms with Gasteiger partial charge < -0.3 is 15.4 Å². The van der Waals surface area contributed by atoms with Crippen LogP contribution in [0.2, 0.25) is 0 Å². The van der Waals surface area contributed by atoms with Crippen LogP contribution in [0.3, 0.4) is 0 Å². The summed E-state index contributed by atoms with van der Waals surface area (Å²) in [6, 6.07) is 0.749. The minimum atomic E-state index is 0.745. The fourth-order valence-electron chi connectivity index (χ4n) is 1.76. The maximum absolute atomic E-state index is 5.27. The molecule has 13 heavy (non-hydrogen) atoms. The molecule has 4 heteroatoms. The summed E-state index contributed by atoms with van der Waals surface area (Å²) in [6.07, 6.45) is 2.53. The Morgan fingerprint density at radius 2 is 2.31 bits per heavy atom. The summed E-state index contributed by atoms with van der Waals surface area (Å²) in [7, 11) is 0. The van der Waals surface area contributed by atoms with Gasteiger partial charge in [-0.1, -0.05) is 0 Å². The van der Waals surface area contributed by atoms with E-state index in [2.05, 4.69) is 15.6 Å². The minimum Gasteiger partial charge on any atom is -0.463 e. The second kappa shape index (κ2) is 4.46. The first-order valence-electron chi connectivity index (χ1n) is 5.07. The third kappa shape index (κ3) is 2.59. The second-order valence-corrected chi connectivity index (χ2v) is 3.61. The molecule has 0 unspecified atom stereocenters. The molecule has 1 fully saturated rings. The molecule has 0 aromatic carbocycles. The van der Waals surface area contributed by atoms with Gasteiger partial charge in [-0.2, -0.15) is 0 Å². The van der Waals surface area contributed by atoms with Gasteiger partial charge in [0.05, 0.1) is 6.54 Å². The van der Waals surface area contributed by atoms with Crippen LogP contribution >= 0.6 is 0 Å². The van der Waals surface area contributed by atoms with Gasteiger partial charge in [-0.15, -0.1) is 0 Å². The summed E-state index contributed by atoms with van der Waals surface area (Å²) in [5.41, 5.74) is 0. The van der Waals surface area contributed by atoms with Gasteiger partial charge in [-0.3, -0.25) is 0 Å². The van der Waals surface area contributed by atoms with Crippen molar-refractivity contribution in [2.24, 2.45) is 10.9 Å². The highest BCUT2D eigenvalue weighted by atomic mass is 16.5. The molecule has 2 heterocycles. The fraction of sp³-hybridized carbons (Fsp3) is 0.889. The molecule has 0 aromatic rings. The standard InChI is InChI=1S/C9H17N3O/c1-3-10-4-2-8(1)7-12-9-11-5-6-13-9/h8,10H,1-7H2,(H,11,12). The zero-order chi connectivity index (χ0) is 8.93. The molecule has 0 radical (unpaired) electrons. The summed E-state index contributed by atoms with van der Waals surface area (Å²) >= 11 is 0. The van der Waals surface area contributed by atoms with Crippen molar-refractivity contribution in [3.63, 3.8) is 0 Å². The molecule has 2 aliphatic rings. The van der Waals surface area contributed by atoms with Crippen LogP contribution in [-0.4, -0.2) is 38.8 Å². The zero-order valence-corrected chi connectivity index (χ0v) is 7.88. The third-order valence-corrected chi connectivity index (χ3v) is 2.59. The van der Waals surface area contributed by atoms with Crippen molar-refractivity contribution in [1.82, 2.24) is 10.6 Å². The van der Waals surface area contributed by atoms with E-state index >= 15 is 0 Å². The Hall–Kier alpha value is -0.770. The van der Waals surface area contributed by atoms with Gasteiger partial charge in [0.2, 0.25) is 0 Å². The van der Waals surface area contributed by atoms with E-state index in [0.29, 0.717) is 0 Å². The molecule has 2 rings (SSSR count). The van der Waals surface area contributed by atoms with Gasteiger partial charge in [-0.05, 0) is 31.8 Å². The molecule has 74 valence electrons. The molecule has 0 amide bonds. The van der Waals surface area contributed by atoms with E-state index in [4.69, 9.17) is 4.74 Å². The number of rotatable bonds is 2. The lowest BCUT2D eigenvalue weighted by Crippen LogP contribution is -2.36. The highest BCUT2D eigenvalue weighted by Crippen LogP contribution is 2.09. The maximum Gasteiger partial charge on any atom is 0.284 e. The van der Waals surface area contributed by atoms with Crippen LogP contribution in [0.15, 0.2) is 4.99 Å². The van der Waals surface area contributed by atoms with Gasteiger partial charge in [0.15, 0.2) is 0 Å². The van der Waals surface area contributed by atoms with E-state index in [0.717, 1.165) is 44.7 Å². The fourth-order valence-corrected chi connectivity index (χ4v) is 1.76. The Kier molecular flexibility index (Phi) is 3.02. The van der Waals surface area contributed by atoms with E-state index in [1.165, 1.54) is 12.8 Å². The first kappa shape index (κ1) is 8.81. The summed E-state index contributed by atoms with van der Waals surface area (Å²) in [6.45, 7) is 4.88. The smallest absolute Gasteiger partial charge is 0.284 e. The molecule has 2 N–H and O–H groups in total. The Labute approximate surface area is 78.8 Å². The Bertz CT molecular complexity index is 187. The van der Waals surface area contributed by atoms with Gasteiger partial charge in [0.1, 0.15) is 6.61 Å². The number of amidine groups is 1. The van der Waals surface area contributed by atoms with E-state index in [-0.39, 0.29) is 0 Å². The first-order chi connectivity index (χ1) is 6.45. The van der Waals surface area contributed by atoms with Crippen LogP contribution in [0.4, 0.5) is 0 Å². The van der Waals surface area contributed by atoms with Crippen LogP contribution in [0.5, 0.6) is 0 Å². The quantitative estimate of drug-likeness (QED) is 0.631. The van der Waals surface area contributed by atoms with Gasteiger partial charge in [0.25, 0.3) is 6.02 Å². The molecule has 2 aliphatic heterocycles. The van der Waals surface area contributed by atoms with E-state index in [1.807, 2.05) is 0 Å². The molecule has 0 saturated carbocycles. The maximum atomic E-state index is 5.27. The van der Waals surface area contributed by atoms with Crippen LogP contribution in [0.1, 0.15) is 12.8 Å². The van der Waals surface area contributed by atoms with Crippen molar-refractivity contribution in [3.8, 4) is 0 Å². The van der Waals surface area contributed by atoms with Gasteiger partial charge in [-0.25, -0.2) is 4.99 Å². The van der Waals surface area contributed by atoms with Crippen LogP contribution in [-0.2, 0) is 4.74 Å². The number of nitrogens with zero attached hydrogens (tertiary/aromatic N) is 1. The SMILES string of the molecule is C1COC(NCC2CCNCC2)=N1. The normalized spacial score (nSPS) is 23.8. The van der Waals surface area contributed by atoms with Crippen molar-refractivity contribution in [2.75, 3.05) is 32.8 Å². The van der Waals surface area contributed by atoms with Gasteiger partial charge in [0, 0.05) is 6.54 Å². The summed E-state index contributed by atoms with van der Waals surface area (Å²) in [5, 5.41) is 6.60. The Morgan fingerprint density at radius 3 is 3.00 bits per heavy atom. The van der Waals surface area contributed by atoms with Crippen molar-refractivity contribution in [2.45, 2.75) is 12.8 Å². The summed E-state index contributed by atoms with van der Waals surface area (Å²) in [5.74, 6) is 0.785. The molecular formula is C9H17N3O. The monoisotopic (exact) mass is 183 g/mol. The largest absolute Gasteiger partial charge is 0.463 e. The van der Waals surface area contributed by atoms with Crippen molar-refractivity contribution in [3.05, 3.63) is 0 Å². The van der Waals surface area contributed by atoms with Gasteiger partial charge >= 0.3 is 0 Å². The van der Waals surface area contributed by atoms with E-state index < -0.39 is 0 Å². The lowest BCUT2D eigenvalue weighted by atomic mass is 9.98. The molecule has 0 bridgehead atoms. The highest BCUT2D eigenvalue weighted by molar-refractivity contribution is 5.74. The number of piperidine rings is 1. The predicted molar refractivity (Wildman–Crippen MR) is 51.9 cm³/mol. The average Bonchev–Trinajstić information content (AvgIpc) is 2.69. The molecule has 0 aliphatic carbocycles. The van der Waals surface area contributed by atoms with Crippen molar-refractivity contribution < 1.29 is 4.74 Å². The first-order valence-corrected chi connectivity index (χ1v) is 5.07. The Balaban J connectivity index is 1.66. The second-order valence-electron chi connectivity index (χ2n) is 3.61. The average molecular weight is 183 g/mol. The summed E-state index contributed by atoms with van der Waals surface area (Å²) < 4.78 is 5.27. The molecule has 0 aromatic heterocycles. The molecule has 4 nitrogen and oxygen atoms in total. The topological polar surface area (TPSA) is 45.6 Å². The minimum absolute atomic E-state index is 0.745. The molecule has 0 spiro atoms. The molecular weight excluding hydrogens is 166 g/mol. The lowest BCUT2D eigenvalue weighted by molar-refractivity contribution is 0.316. The summed E-state index contributed by atoms with van der Waals surface area (Å²) in [4.78, 5) is 4.19. The number of nitrogens with one attached hydrogen (secondary N) is 2. The molecule has 1 saturated heterocycles. The Morgan fingerprint density at radius 1 is 1.46 bits per heavy atom. The van der Waals surface area contributed by atoms with Crippen molar-refractivity contribution in [1.29, 1.82) is 0 Å². The van der Waals surface area contributed by atoms with Crippen LogP contribution < -0.4 is 10.6 Å². The number of ether oxygens (including phenoxy) is 1. The van der Waals surface area contributed by atoms with Crippen molar-refractivity contribution >= 4 is 6.02 Å². The molecule has 0 atom stereocenters. The predicted octanol–water partition coefficient (Wildman–Crippen LogP) is -0.0382. The van der Waals surface area contributed by atoms with Crippen LogP contribution in [0, 0.1) is 5.92 Å². The number of aliphatic imine (C=N–C) groups is 1. The van der Waals surface area contributed by atoms with E-state index in [1.54, 1.807) is 0 Å². The lowest BCUT2D eigenvalue weighted by Gasteiger charge is -2.22. The van der Waals surface area contributed by atoms with Crippen LogP contribution in [0.25, 0.3) is 0 Å². The zero-order valence-electron chi connectivity index (χ0n) is 7.88. The number of hydrogen-bond donors (Lipinski definition) is 2. The van der Waals surface area contributed by atoms with E-state index in [9.17, 15) is 0 Å². The number of hydrogen-bond acceptors (Lipinski definition) is 4. The third-order valence-electron chi connectivity index (χ3n) is 2.59. The highest BCUT2D eigenvalue weighted by Gasteiger charge is 2.14.